The molecule has 0 radical (unpaired) electrons. The summed E-state index contributed by atoms with van der Waals surface area (Å²) in [6.07, 6.45) is 1.40. The zero-order chi connectivity index (χ0) is 23.4. The van der Waals surface area contributed by atoms with Crippen LogP contribution in [0, 0.1) is 12.8 Å². The van der Waals surface area contributed by atoms with Crippen molar-refractivity contribution in [2.75, 3.05) is 46.4 Å². The molecule has 178 valence electrons. The number of rotatable bonds is 6. The van der Waals surface area contributed by atoms with Gasteiger partial charge in [-0.1, -0.05) is 36.4 Å². The van der Waals surface area contributed by atoms with Crippen LogP contribution in [0.2, 0.25) is 0 Å². The maximum atomic E-state index is 13.4. The highest BCUT2D eigenvalue weighted by Crippen LogP contribution is 2.31. The zero-order valence-corrected chi connectivity index (χ0v) is 20.3. The predicted molar refractivity (Wildman–Crippen MR) is 128 cm³/mol. The van der Waals surface area contributed by atoms with Crippen LogP contribution in [0.5, 0.6) is 5.75 Å². The summed E-state index contributed by atoms with van der Waals surface area (Å²) in [4.78, 5) is 17.7. The van der Waals surface area contributed by atoms with Crippen LogP contribution in [-0.4, -0.2) is 74.8 Å². The van der Waals surface area contributed by atoms with Gasteiger partial charge in [-0.25, -0.2) is 8.42 Å². The Kier molecular flexibility index (Phi) is 7.36. The Morgan fingerprint density at radius 2 is 1.76 bits per heavy atom. The molecule has 0 unspecified atom stereocenters. The van der Waals surface area contributed by atoms with Crippen LogP contribution in [-0.2, 0) is 21.4 Å². The molecule has 8 heteroatoms. The lowest BCUT2D eigenvalue weighted by atomic mass is 9.97. The molecule has 0 N–H and O–H groups in total. The number of sulfonamides is 1. The number of hydrogen-bond acceptors (Lipinski definition) is 5. The highest BCUT2D eigenvalue weighted by molar-refractivity contribution is 7.89. The van der Waals surface area contributed by atoms with Gasteiger partial charge in [0.2, 0.25) is 15.9 Å². The molecule has 0 aliphatic carbocycles. The van der Waals surface area contributed by atoms with E-state index in [1.807, 2.05) is 36.1 Å². The number of benzene rings is 2. The first-order chi connectivity index (χ1) is 15.9. The summed E-state index contributed by atoms with van der Waals surface area (Å²) < 4.78 is 33.6. The van der Waals surface area contributed by atoms with Gasteiger partial charge >= 0.3 is 0 Å². The van der Waals surface area contributed by atoms with Crippen molar-refractivity contribution in [3.8, 4) is 5.75 Å². The van der Waals surface area contributed by atoms with Crippen molar-refractivity contribution < 1.29 is 17.9 Å². The van der Waals surface area contributed by atoms with Crippen molar-refractivity contribution in [2.45, 2.75) is 31.2 Å². The van der Waals surface area contributed by atoms with Gasteiger partial charge in [0.25, 0.3) is 0 Å². The maximum Gasteiger partial charge on any atom is 0.246 e. The zero-order valence-electron chi connectivity index (χ0n) is 19.4. The number of piperidine rings is 1. The lowest BCUT2D eigenvalue weighted by molar-refractivity contribution is -0.138. The van der Waals surface area contributed by atoms with Crippen molar-refractivity contribution in [3.05, 3.63) is 59.7 Å². The van der Waals surface area contributed by atoms with Crippen molar-refractivity contribution in [2.24, 2.45) is 5.92 Å². The van der Waals surface area contributed by atoms with E-state index in [1.165, 1.54) is 17.0 Å². The molecule has 2 heterocycles. The maximum absolute atomic E-state index is 13.4. The van der Waals surface area contributed by atoms with Gasteiger partial charge in [-0.15, -0.1) is 0 Å². The average Bonchev–Trinajstić information content (AvgIpc) is 2.85. The van der Waals surface area contributed by atoms with Crippen LogP contribution < -0.4 is 4.74 Å². The number of piperazine rings is 1. The number of nitrogens with zero attached hydrogens (tertiary/aromatic N) is 3. The minimum Gasteiger partial charge on any atom is -0.495 e. The van der Waals surface area contributed by atoms with E-state index in [0.29, 0.717) is 31.8 Å². The lowest BCUT2D eigenvalue weighted by Gasteiger charge is -2.38. The lowest BCUT2D eigenvalue weighted by Crippen LogP contribution is -2.52. The van der Waals surface area contributed by atoms with Gasteiger partial charge in [-0.3, -0.25) is 9.69 Å². The van der Waals surface area contributed by atoms with Crippen LogP contribution in [0.25, 0.3) is 0 Å². The molecule has 2 fully saturated rings. The van der Waals surface area contributed by atoms with E-state index < -0.39 is 10.0 Å². The van der Waals surface area contributed by atoms with Crippen LogP contribution in [0.4, 0.5) is 0 Å². The van der Waals surface area contributed by atoms with Crippen molar-refractivity contribution >= 4 is 15.9 Å². The molecule has 7 nitrogen and oxygen atoms in total. The standard InChI is InChI=1S/C25H33N3O4S/c1-20-10-11-23(32-2)24(17-20)33(30,31)28-12-6-9-22(19-28)25(29)27-15-13-26(14-16-27)18-21-7-4-3-5-8-21/h3-5,7-8,10-11,17,22H,6,9,12-16,18-19H2,1-2H3/t22-/m0/s1. The number of hydrogen-bond donors (Lipinski definition) is 0. The molecule has 2 aliphatic rings. The third-order valence-corrected chi connectivity index (χ3v) is 8.49. The molecule has 2 saturated heterocycles. The molecule has 0 spiro atoms. The monoisotopic (exact) mass is 471 g/mol. The Labute approximate surface area is 197 Å². The molecule has 0 saturated carbocycles. The van der Waals surface area contributed by atoms with Gasteiger partial charge in [0.15, 0.2) is 0 Å². The second-order valence-corrected chi connectivity index (χ2v) is 10.8. The Hall–Kier alpha value is -2.42. The molecule has 0 bridgehead atoms. The van der Waals surface area contributed by atoms with Crippen LogP contribution in [0.3, 0.4) is 0 Å². The summed E-state index contributed by atoms with van der Waals surface area (Å²) in [5.74, 6) is 0.110. The van der Waals surface area contributed by atoms with Gasteiger partial charge < -0.3 is 9.64 Å². The highest BCUT2D eigenvalue weighted by Gasteiger charge is 2.37. The summed E-state index contributed by atoms with van der Waals surface area (Å²) in [6, 6.07) is 15.5. The van der Waals surface area contributed by atoms with Crippen molar-refractivity contribution in [1.29, 1.82) is 0 Å². The molecule has 2 aromatic carbocycles. The van der Waals surface area contributed by atoms with Crippen molar-refractivity contribution in [3.63, 3.8) is 0 Å². The summed E-state index contributed by atoms with van der Waals surface area (Å²) in [7, 11) is -2.26. The van der Waals surface area contributed by atoms with Crippen LogP contribution >= 0.6 is 0 Å². The quantitative estimate of drug-likeness (QED) is 0.648. The Morgan fingerprint density at radius 1 is 1.03 bits per heavy atom. The molecular weight excluding hydrogens is 438 g/mol. The van der Waals surface area contributed by atoms with Gasteiger partial charge in [0.1, 0.15) is 10.6 Å². The molecule has 2 aliphatic heterocycles. The molecule has 0 aromatic heterocycles. The largest absolute Gasteiger partial charge is 0.495 e. The molecule has 4 rings (SSSR count). The van der Waals surface area contributed by atoms with E-state index in [9.17, 15) is 13.2 Å². The van der Waals surface area contributed by atoms with E-state index in [-0.39, 0.29) is 23.3 Å². The van der Waals surface area contributed by atoms with E-state index in [2.05, 4.69) is 17.0 Å². The summed E-state index contributed by atoms with van der Waals surface area (Å²) in [6.45, 7) is 6.42. The highest BCUT2D eigenvalue weighted by atomic mass is 32.2. The fourth-order valence-corrected chi connectivity index (χ4v) is 6.48. The minimum atomic E-state index is -3.74. The van der Waals surface area contributed by atoms with E-state index in [4.69, 9.17) is 4.74 Å². The predicted octanol–water partition coefficient (Wildman–Crippen LogP) is 2.75. The van der Waals surface area contributed by atoms with Gasteiger partial charge in [0.05, 0.1) is 13.0 Å². The first-order valence-corrected chi connectivity index (χ1v) is 13.0. The molecule has 1 atom stereocenters. The number of aryl methyl sites for hydroxylation is 1. The summed E-state index contributed by atoms with van der Waals surface area (Å²) >= 11 is 0. The van der Waals surface area contributed by atoms with Crippen LogP contribution in [0.1, 0.15) is 24.0 Å². The summed E-state index contributed by atoms with van der Waals surface area (Å²) in [5, 5.41) is 0. The number of carbonyl (C=O) groups is 1. The fraction of sp³-hybridized carbons (Fsp3) is 0.480. The van der Waals surface area contributed by atoms with Gasteiger partial charge in [-0.05, 0) is 43.0 Å². The van der Waals surface area contributed by atoms with Crippen LogP contribution in [0.15, 0.2) is 53.4 Å². The van der Waals surface area contributed by atoms with Crippen molar-refractivity contribution in [1.82, 2.24) is 14.1 Å². The number of carbonyl (C=O) groups excluding carboxylic acids is 1. The topological polar surface area (TPSA) is 70.2 Å². The SMILES string of the molecule is COc1ccc(C)cc1S(=O)(=O)N1CCC[C@H](C(=O)N2CCN(Cc3ccccc3)CC2)C1. The average molecular weight is 472 g/mol. The number of amides is 1. The molecular formula is C25H33N3O4S. The third-order valence-electron chi connectivity index (χ3n) is 6.60. The Balaban J connectivity index is 1.38. The first kappa shape index (κ1) is 23.7. The Morgan fingerprint density at radius 3 is 2.45 bits per heavy atom. The van der Waals surface area contributed by atoms with Gasteiger partial charge in [-0.2, -0.15) is 4.31 Å². The molecule has 33 heavy (non-hydrogen) atoms. The Bertz CT molecular complexity index is 1070. The summed E-state index contributed by atoms with van der Waals surface area (Å²) in [5.41, 5.74) is 2.13. The van der Waals surface area contributed by atoms with E-state index in [0.717, 1.165) is 31.6 Å². The minimum absolute atomic E-state index is 0.0745. The number of methoxy groups -OCH3 is 1. The smallest absolute Gasteiger partial charge is 0.246 e. The van der Waals surface area contributed by atoms with E-state index >= 15 is 0 Å². The fourth-order valence-electron chi connectivity index (χ4n) is 4.71. The third kappa shape index (κ3) is 5.39. The molecule has 1 amide bonds. The molecule has 2 aromatic rings. The first-order valence-electron chi connectivity index (χ1n) is 11.6. The second kappa shape index (κ2) is 10.2. The second-order valence-electron chi connectivity index (χ2n) is 8.94. The normalized spacial score (nSPS) is 20.5. The van der Waals surface area contributed by atoms with Gasteiger partial charge in [0, 0.05) is 45.8 Å². The van der Waals surface area contributed by atoms with E-state index in [1.54, 1.807) is 12.1 Å². The number of ether oxygens (including phenoxy) is 1.